The van der Waals surface area contributed by atoms with Gasteiger partial charge in [0.05, 0.1) is 17.7 Å². The van der Waals surface area contributed by atoms with Gasteiger partial charge in [-0.15, -0.1) is 0 Å². The van der Waals surface area contributed by atoms with Gasteiger partial charge in [0.1, 0.15) is 17.4 Å². The second-order valence-electron chi connectivity index (χ2n) is 4.34. The number of carbonyl (C=O) groups is 1. The summed E-state index contributed by atoms with van der Waals surface area (Å²) in [7, 11) is 0. The highest BCUT2D eigenvalue weighted by Gasteiger charge is 2.17. The number of halogens is 1. The number of hydrogen-bond acceptors (Lipinski definition) is 4. The van der Waals surface area contributed by atoms with E-state index in [1.807, 2.05) is 6.92 Å². The van der Waals surface area contributed by atoms with E-state index in [1.54, 1.807) is 17.6 Å². The molecular formula is C15H13FN2O3. The van der Waals surface area contributed by atoms with Gasteiger partial charge in [-0.2, -0.15) is 5.26 Å². The number of benzene rings is 1. The second kappa shape index (κ2) is 5.75. The van der Waals surface area contributed by atoms with Crippen LogP contribution in [0.1, 0.15) is 29.8 Å². The summed E-state index contributed by atoms with van der Waals surface area (Å²) >= 11 is 0. The molecule has 0 fully saturated rings. The van der Waals surface area contributed by atoms with Crippen molar-refractivity contribution in [2.45, 2.75) is 20.4 Å². The van der Waals surface area contributed by atoms with Crippen molar-refractivity contribution in [3.8, 4) is 6.07 Å². The first kappa shape index (κ1) is 14.7. The molecule has 0 unspecified atom stereocenters. The normalized spacial score (nSPS) is 10.4. The number of rotatable bonds is 3. The molecule has 0 atom stereocenters. The van der Waals surface area contributed by atoms with Gasteiger partial charge in [0.25, 0.3) is 0 Å². The van der Waals surface area contributed by atoms with Crippen LogP contribution >= 0.6 is 0 Å². The smallest absolute Gasteiger partial charge is 0.343 e. The van der Waals surface area contributed by atoms with Crippen LogP contribution in [-0.2, 0) is 11.3 Å². The molecule has 0 radical (unpaired) electrons. The van der Waals surface area contributed by atoms with E-state index in [2.05, 4.69) is 0 Å². The summed E-state index contributed by atoms with van der Waals surface area (Å²) in [4.78, 5) is 24.1. The molecule has 21 heavy (non-hydrogen) atoms. The van der Waals surface area contributed by atoms with Gasteiger partial charge in [-0.25, -0.2) is 9.18 Å². The number of aryl methyl sites for hydroxylation is 1. The molecule has 0 spiro atoms. The molecule has 0 aliphatic rings. The third kappa shape index (κ3) is 2.50. The maximum absolute atomic E-state index is 13.7. The zero-order valence-corrected chi connectivity index (χ0v) is 11.6. The third-order valence-corrected chi connectivity index (χ3v) is 3.13. The van der Waals surface area contributed by atoms with Gasteiger partial charge in [0, 0.05) is 18.1 Å². The molecule has 0 saturated heterocycles. The number of nitrogens with zero attached hydrogens (tertiary/aromatic N) is 2. The summed E-state index contributed by atoms with van der Waals surface area (Å²) in [5.41, 5.74) is -0.478. The Morgan fingerprint density at radius 3 is 2.71 bits per heavy atom. The van der Waals surface area contributed by atoms with Crippen LogP contribution in [0.2, 0.25) is 0 Å². The zero-order chi connectivity index (χ0) is 15.6. The van der Waals surface area contributed by atoms with Gasteiger partial charge in [0.2, 0.25) is 5.43 Å². The minimum atomic E-state index is -0.786. The highest BCUT2D eigenvalue weighted by molar-refractivity contribution is 5.94. The monoisotopic (exact) mass is 288 g/mol. The standard InChI is InChI=1S/C15H13FN2O3/c1-3-18-8-11(15(20)21-4-2)14(19)10-6-12(16)9(7-17)5-13(10)18/h5-6,8H,3-4H2,1-2H3. The summed E-state index contributed by atoms with van der Waals surface area (Å²) in [6.45, 7) is 4.05. The predicted octanol–water partition coefficient (Wildman–Crippen LogP) is 2.21. The highest BCUT2D eigenvalue weighted by atomic mass is 19.1. The van der Waals surface area contributed by atoms with Crippen LogP contribution < -0.4 is 5.43 Å². The average Bonchev–Trinajstić information content (AvgIpc) is 2.47. The van der Waals surface area contributed by atoms with Crippen molar-refractivity contribution < 1.29 is 13.9 Å². The summed E-state index contributed by atoms with van der Waals surface area (Å²) < 4.78 is 20.2. The van der Waals surface area contributed by atoms with E-state index < -0.39 is 17.2 Å². The van der Waals surface area contributed by atoms with Gasteiger partial charge in [-0.1, -0.05) is 0 Å². The Hall–Kier alpha value is -2.68. The van der Waals surface area contributed by atoms with Gasteiger partial charge < -0.3 is 9.30 Å². The molecule has 0 saturated carbocycles. The first-order chi connectivity index (χ1) is 10.0. The molecule has 1 aromatic carbocycles. The molecule has 6 heteroatoms. The fourth-order valence-electron chi connectivity index (χ4n) is 2.11. The van der Waals surface area contributed by atoms with Crippen molar-refractivity contribution >= 4 is 16.9 Å². The summed E-state index contributed by atoms with van der Waals surface area (Å²) in [6, 6.07) is 4.04. The van der Waals surface area contributed by atoms with Crippen LogP contribution in [0.4, 0.5) is 4.39 Å². The Morgan fingerprint density at radius 2 is 2.14 bits per heavy atom. The molecule has 1 aromatic heterocycles. The van der Waals surface area contributed by atoms with Crippen LogP contribution in [0, 0.1) is 17.1 Å². The molecule has 5 nitrogen and oxygen atoms in total. The van der Waals surface area contributed by atoms with Crippen molar-refractivity contribution in [3.63, 3.8) is 0 Å². The molecule has 0 N–H and O–H groups in total. The maximum atomic E-state index is 13.7. The number of nitriles is 1. The van der Waals surface area contributed by atoms with E-state index in [1.165, 1.54) is 12.3 Å². The van der Waals surface area contributed by atoms with Crippen molar-refractivity contribution in [1.29, 1.82) is 5.26 Å². The van der Waals surface area contributed by atoms with Crippen molar-refractivity contribution in [2.24, 2.45) is 0 Å². The van der Waals surface area contributed by atoms with E-state index in [-0.39, 0.29) is 23.1 Å². The largest absolute Gasteiger partial charge is 0.462 e. The molecule has 0 amide bonds. The van der Waals surface area contributed by atoms with E-state index in [0.29, 0.717) is 12.1 Å². The zero-order valence-electron chi connectivity index (χ0n) is 11.6. The van der Waals surface area contributed by atoms with Crippen LogP contribution in [-0.4, -0.2) is 17.1 Å². The maximum Gasteiger partial charge on any atom is 0.343 e. The molecule has 2 aromatic rings. The highest BCUT2D eigenvalue weighted by Crippen LogP contribution is 2.18. The number of hydrogen-bond donors (Lipinski definition) is 0. The van der Waals surface area contributed by atoms with Crippen LogP contribution in [0.25, 0.3) is 10.9 Å². The Morgan fingerprint density at radius 1 is 1.43 bits per heavy atom. The van der Waals surface area contributed by atoms with Gasteiger partial charge >= 0.3 is 5.97 Å². The lowest BCUT2D eigenvalue weighted by molar-refractivity contribution is 0.0524. The molecular weight excluding hydrogens is 275 g/mol. The topological polar surface area (TPSA) is 72.1 Å². The lowest BCUT2D eigenvalue weighted by Gasteiger charge is -2.11. The molecule has 108 valence electrons. The molecule has 1 heterocycles. The fraction of sp³-hybridized carbons (Fsp3) is 0.267. The number of esters is 1. The lowest BCUT2D eigenvalue weighted by Crippen LogP contribution is -2.21. The van der Waals surface area contributed by atoms with Crippen LogP contribution in [0.15, 0.2) is 23.1 Å². The van der Waals surface area contributed by atoms with Gasteiger partial charge in [-0.3, -0.25) is 4.79 Å². The lowest BCUT2D eigenvalue weighted by atomic mass is 10.1. The number of fused-ring (bicyclic) bond motifs is 1. The minimum Gasteiger partial charge on any atom is -0.462 e. The van der Waals surface area contributed by atoms with Crippen LogP contribution in [0.3, 0.4) is 0 Å². The summed E-state index contributed by atoms with van der Waals surface area (Å²) in [5, 5.41) is 8.93. The predicted molar refractivity (Wildman–Crippen MR) is 74.5 cm³/mol. The molecule has 0 aliphatic heterocycles. The summed E-state index contributed by atoms with van der Waals surface area (Å²) in [6.07, 6.45) is 1.38. The first-order valence-corrected chi connectivity index (χ1v) is 6.47. The Labute approximate surface area is 120 Å². The van der Waals surface area contributed by atoms with E-state index in [9.17, 15) is 14.0 Å². The Bertz CT molecular complexity index is 818. The van der Waals surface area contributed by atoms with Crippen molar-refractivity contribution in [3.05, 3.63) is 45.5 Å². The quantitative estimate of drug-likeness (QED) is 0.812. The molecule has 2 rings (SSSR count). The van der Waals surface area contributed by atoms with Gasteiger partial charge in [0.15, 0.2) is 0 Å². The minimum absolute atomic E-state index is 0.0545. The number of ether oxygens (including phenoxy) is 1. The van der Waals surface area contributed by atoms with Crippen LogP contribution in [0.5, 0.6) is 0 Å². The van der Waals surface area contributed by atoms with Crippen molar-refractivity contribution in [1.82, 2.24) is 4.57 Å². The van der Waals surface area contributed by atoms with E-state index in [4.69, 9.17) is 10.00 Å². The Balaban J connectivity index is 2.84. The molecule has 0 aliphatic carbocycles. The fourth-order valence-corrected chi connectivity index (χ4v) is 2.11. The summed E-state index contributed by atoms with van der Waals surface area (Å²) in [5.74, 6) is -1.53. The van der Waals surface area contributed by atoms with E-state index in [0.717, 1.165) is 6.07 Å². The third-order valence-electron chi connectivity index (χ3n) is 3.13. The number of pyridine rings is 1. The number of carbonyl (C=O) groups excluding carboxylic acids is 1. The van der Waals surface area contributed by atoms with Crippen molar-refractivity contribution in [2.75, 3.05) is 6.61 Å². The van der Waals surface area contributed by atoms with Gasteiger partial charge in [-0.05, 0) is 26.0 Å². The number of aromatic nitrogens is 1. The Kier molecular flexibility index (Phi) is 4.03. The van der Waals surface area contributed by atoms with E-state index >= 15 is 0 Å². The SMILES string of the molecule is CCOC(=O)c1cn(CC)c2cc(C#N)c(F)cc2c1=O. The first-order valence-electron chi connectivity index (χ1n) is 6.47. The molecule has 0 bridgehead atoms. The average molecular weight is 288 g/mol. The second-order valence-corrected chi connectivity index (χ2v) is 4.34.